The molecule has 21 heavy (non-hydrogen) atoms. The van der Waals surface area contributed by atoms with Gasteiger partial charge in [-0.1, -0.05) is 0 Å². The van der Waals surface area contributed by atoms with E-state index >= 15 is 0 Å². The van der Waals surface area contributed by atoms with Gasteiger partial charge in [-0.2, -0.15) is 0 Å². The van der Waals surface area contributed by atoms with E-state index in [1.807, 2.05) is 0 Å². The lowest BCUT2D eigenvalue weighted by Crippen LogP contribution is -2.38. The summed E-state index contributed by atoms with van der Waals surface area (Å²) >= 11 is 0. The van der Waals surface area contributed by atoms with Crippen molar-refractivity contribution in [2.24, 2.45) is 0 Å². The third kappa shape index (κ3) is 3.27. The summed E-state index contributed by atoms with van der Waals surface area (Å²) in [7, 11) is 0.928. The van der Waals surface area contributed by atoms with Gasteiger partial charge in [0, 0.05) is 0 Å². The van der Waals surface area contributed by atoms with E-state index < -0.39 is 59.2 Å². The number of benzene rings is 1. The molecule has 0 spiro atoms. The van der Waals surface area contributed by atoms with Gasteiger partial charge in [-0.25, -0.2) is 26.7 Å². The Kier molecular flexibility index (Phi) is 5.19. The van der Waals surface area contributed by atoms with Gasteiger partial charge in [0.25, 0.3) is 5.91 Å². The van der Waals surface area contributed by atoms with Crippen molar-refractivity contribution in [3.8, 4) is 0 Å². The standard InChI is InChI=1S/C11H8F5NO4/c1-21-11(20)3(18)2-17-10(19)4-5(12)7(14)9(16)8(15)6(4)13/h3,18H,2H2,1H3,(H,17,19). The molecule has 10 heteroatoms. The normalized spacial score (nSPS) is 12.0. The number of aliphatic hydroxyl groups is 1. The SMILES string of the molecule is COC(=O)C(O)CNC(=O)c1c(F)c(F)c(F)c(F)c1F. The first kappa shape index (κ1) is 16.8. The maximum Gasteiger partial charge on any atom is 0.336 e. The molecule has 0 fully saturated rings. The molecule has 0 aliphatic heterocycles. The molecule has 0 aliphatic carbocycles. The Labute approximate surface area is 114 Å². The molecule has 1 atom stereocenters. The molecule has 0 aliphatic rings. The predicted molar refractivity (Wildman–Crippen MR) is 56.6 cm³/mol. The number of hydrogen-bond acceptors (Lipinski definition) is 4. The molecule has 0 radical (unpaired) electrons. The number of nitrogens with one attached hydrogen (secondary N) is 1. The molecular formula is C11H8F5NO4. The minimum Gasteiger partial charge on any atom is -0.467 e. The Hall–Kier alpha value is -2.23. The van der Waals surface area contributed by atoms with Gasteiger partial charge in [-0.05, 0) is 0 Å². The maximum atomic E-state index is 13.3. The van der Waals surface area contributed by atoms with Crippen molar-refractivity contribution in [3.63, 3.8) is 0 Å². The van der Waals surface area contributed by atoms with Gasteiger partial charge in [0.05, 0.1) is 13.7 Å². The van der Waals surface area contributed by atoms with Crippen LogP contribution in [0.25, 0.3) is 0 Å². The summed E-state index contributed by atoms with van der Waals surface area (Å²) in [5.41, 5.74) is -1.72. The van der Waals surface area contributed by atoms with E-state index in [1.54, 1.807) is 5.32 Å². The molecule has 5 nitrogen and oxygen atoms in total. The fraction of sp³-hybridized carbons (Fsp3) is 0.273. The highest BCUT2D eigenvalue weighted by atomic mass is 19.2. The summed E-state index contributed by atoms with van der Waals surface area (Å²) in [6.07, 6.45) is -1.86. The number of hydrogen-bond donors (Lipinski definition) is 2. The third-order valence-electron chi connectivity index (χ3n) is 2.37. The molecule has 0 heterocycles. The molecule has 2 N–H and O–H groups in total. The number of rotatable bonds is 4. The lowest BCUT2D eigenvalue weighted by molar-refractivity contribution is -0.149. The van der Waals surface area contributed by atoms with Crippen molar-refractivity contribution in [2.45, 2.75) is 6.10 Å². The average molecular weight is 313 g/mol. The van der Waals surface area contributed by atoms with Crippen LogP contribution >= 0.6 is 0 Å². The average Bonchev–Trinajstić information content (AvgIpc) is 2.47. The van der Waals surface area contributed by atoms with E-state index in [0.717, 1.165) is 7.11 Å². The highest BCUT2D eigenvalue weighted by Gasteiger charge is 2.30. The van der Waals surface area contributed by atoms with Crippen molar-refractivity contribution in [1.82, 2.24) is 5.32 Å². The zero-order valence-corrected chi connectivity index (χ0v) is 10.3. The van der Waals surface area contributed by atoms with Crippen LogP contribution in [0.15, 0.2) is 0 Å². The number of halogens is 5. The maximum absolute atomic E-state index is 13.3. The summed E-state index contributed by atoms with van der Waals surface area (Å²) in [5.74, 6) is -14.5. The predicted octanol–water partition coefficient (Wildman–Crippen LogP) is 0.646. The fourth-order valence-electron chi connectivity index (χ4n) is 1.30. The van der Waals surface area contributed by atoms with E-state index in [-0.39, 0.29) is 0 Å². The Morgan fingerprint density at radius 3 is 1.90 bits per heavy atom. The first-order chi connectivity index (χ1) is 9.72. The van der Waals surface area contributed by atoms with Gasteiger partial charge in [-0.15, -0.1) is 0 Å². The van der Waals surface area contributed by atoms with E-state index in [4.69, 9.17) is 5.11 Å². The molecule has 0 aromatic heterocycles. The largest absolute Gasteiger partial charge is 0.467 e. The molecule has 0 bridgehead atoms. The molecular weight excluding hydrogens is 305 g/mol. The molecule has 1 unspecified atom stereocenters. The molecule has 1 rings (SSSR count). The van der Waals surface area contributed by atoms with Crippen LogP contribution in [0, 0.1) is 29.1 Å². The second-order valence-electron chi connectivity index (χ2n) is 3.69. The minimum absolute atomic E-state index is 0.842. The third-order valence-corrected chi connectivity index (χ3v) is 2.37. The van der Waals surface area contributed by atoms with Crippen LogP contribution in [0.4, 0.5) is 22.0 Å². The Morgan fingerprint density at radius 1 is 1.05 bits per heavy atom. The summed E-state index contributed by atoms with van der Waals surface area (Å²) < 4.78 is 69.2. The van der Waals surface area contributed by atoms with Crippen LogP contribution in [0.3, 0.4) is 0 Å². The van der Waals surface area contributed by atoms with Crippen LogP contribution < -0.4 is 5.32 Å². The van der Waals surface area contributed by atoms with Gasteiger partial charge < -0.3 is 15.2 Å². The molecule has 0 saturated heterocycles. The number of aliphatic hydroxyl groups excluding tert-OH is 1. The lowest BCUT2D eigenvalue weighted by atomic mass is 10.1. The van der Waals surface area contributed by atoms with Crippen LogP contribution in [0.5, 0.6) is 0 Å². The van der Waals surface area contributed by atoms with Crippen LogP contribution in [-0.4, -0.2) is 36.7 Å². The van der Waals surface area contributed by atoms with Gasteiger partial charge in [0.15, 0.2) is 29.4 Å². The first-order valence-electron chi connectivity index (χ1n) is 5.27. The zero-order chi connectivity index (χ0) is 16.3. The van der Waals surface area contributed by atoms with Gasteiger partial charge in [0.1, 0.15) is 5.56 Å². The quantitative estimate of drug-likeness (QED) is 0.370. The van der Waals surface area contributed by atoms with Gasteiger partial charge in [-0.3, -0.25) is 4.79 Å². The van der Waals surface area contributed by atoms with Crippen molar-refractivity contribution in [2.75, 3.05) is 13.7 Å². The second-order valence-corrected chi connectivity index (χ2v) is 3.69. The topological polar surface area (TPSA) is 75.6 Å². The zero-order valence-electron chi connectivity index (χ0n) is 10.3. The number of ether oxygens (including phenoxy) is 1. The summed E-state index contributed by atoms with van der Waals surface area (Å²) in [5, 5.41) is 10.8. The highest BCUT2D eigenvalue weighted by Crippen LogP contribution is 2.22. The van der Waals surface area contributed by atoms with Crippen molar-refractivity contribution >= 4 is 11.9 Å². The number of carbonyl (C=O) groups is 2. The molecule has 1 aromatic rings. The van der Waals surface area contributed by atoms with Crippen molar-refractivity contribution < 1.29 is 41.4 Å². The van der Waals surface area contributed by atoms with Crippen LogP contribution in [0.1, 0.15) is 10.4 Å². The smallest absolute Gasteiger partial charge is 0.336 e. The number of methoxy groups -OCH3 is 1. The van der Waals surface area contributed by atoms with Crippen molar-refractivity contribution in [1.29, 1.82) is 0 Å². The summed E-state index contributed by atoms with van der Waals surface area (Å²) in [6.45, 7) is -0.842. The molecule has 116 valence electrons. The Morgan fingerprint density at radius 2 is 1.48 bits per heavy atom. The number of carbonyl (C=O) groups excluding carboxylic acids is 2. The van der Waals surface area contributed by atoms with Gasteiger partial charge >= 0.3 is 5.97 Å². The number of esters is 1. The highest BCUT2D eigenvalue weighted by molar-refractivity contribution is 5.95. The minimum atomic E-state index is -2.41. The fourth-order valence-corrected chi connectivity index (χ4v) is 1.30. The summed E-state index contributed by atoms with van der Waals surface area (Å²) in [4.78, 5) is 22.2. The van der Waals surface area contributed by atoms with Crippen molar-refractivity contribution in [3.05, 3.63) is 34.6 Å². The van der Waals surface area contributed by atoms with E-state index in [1.165, 1.54) is 0 Å². The molecule has 1 amide bonds. The Balaban J connectivity index is 3.02. The number of amides is 1. The van der Waals surface area contributed by atoms with Crippen LogP contribution in [-0.2, 0) is 9.53 Å². The molecule has 0 saturated carbocycles. The monoisotopic (exact) mass is 313 g/mol. The van der Waals surface area contributed by atoms with Crippen LogP contribution in [0.2, 0.25) is 0 Å². The molecule has 1 aromatic carbocycles. The summed E-state index contributed by atoms with van der Waals surface area (Å²) in [6, 6.07) is 0. The van der Waals surface area contributed by atoms with E-state index in [9.17, 15) is 31.5 Å². The lowest BCUT2D eigenvalue weighted by Gasteiger charge is -2.11. The van der Waals surface area contributed by atoms with E-state index in [2.05, 4.69) is 4.74 Å². The van der Waals surface area contributed by atoms with E-state index in [0.29, 0.717) is 0 Å². The first-order valence-corrected chi connectivity index (χ1v) is 5.27. The second kappa shape index (κ2) is 6.48. The van der Waals surface area contributed by atoms with Gasteiger partial charge in [0.2, 0.25) is 5.82 Å². The Bertz CT molecular complexity index is 563.